The van der Waals surface area contributed by atoms with Crippen molar-refractivity contribution in [1.82, 2.24) is 5.32 Å². The maximum Gasteiger partial charge on any atom is 0.401 e. The maximum absolute atomic E-state index is 12.0. The third-order valence-electron chi connectivity index (χ3n) is 3.06. The lowest BCUT2D eigenvalue weighted by atomic mass is 9.57. The van der Waals surface area contributed by atoms with Crippen LogP contribution in [-0.2, 0) is 0 Å². The molecule has 1 fully saturated rings. The molecular weight excluding hydrogens is 193 g/mol. The van der Waals surface area contributed by atoms with E-state index in [0.29, 0.717) is 6.42 Å². The Morgan fingerprint density at radius 3 is 2.14 bits per heavy atom. The molecular formula is C9H13F3N2. The number of nitrogens with zero attached hydrogens (tertiary/aromatic N) is 1. The van der Waals surface area contributed by atoms with Crippen molar-refractivity contribution in [3.8, 4) is 6.07 Å². The van der Waals surface area contributed by atoms with Crippen molar-refractivity contribution in [3.05, 3.63) is 0 Å². The van der Waals surface area contributed by atoms with Crippen LogP contribution in [-0.4, -0.2) is 18.3 Å². The average Bonchev–Trinajstić information content (AvgIpc) is 2.02. The van der Waals surface area contributed by atoms with Gasteiger partial charge in [-0.25, -0.2) is 0 Å². The predicted octanol–water partition coefficient (Wildman–Crippen LogP) is 2.22. The lowest BCUT2D eigenvalue weighted by Gasteiger charge is -2.52. The molecule has 2 nitrogen and oxygen atoms in total. The first-order chi connectivity index (χ1) is 6.22. The van der Waals surface area contributed by atoms with Crippen LogP contribution in [0.4, 0.5) is 13.2 Å². The van der Waals surface area contributed by atoms with Crippen LogP contribution in [0.3, 0.4) is 0 Å². The number of nitrogens with one attached hydrogen (secondary N) is 1. The van der Waals surface area contributed by atoms with Crippen molar-refractivity contribution in [3.63, 3.8) is 0 Å². The summed E-state index contributed by atoms with van der Waals surface area (Å²) in [7, 11) is 0. The summed E-state index contributed by atoms with van der Waals surface area (Å²) in [4.78, 5) is 0. The second kappa shape index (κ2) is 3.13. The summed E-state index contributed by atoms with van der Waals surface area (Å²) in [5, 5.41) is 11.2. The van der Waals surface area contributed by atoms with E-state index in [1.165, 1.54) is 0 Å². The lowest BCUT2D eigenvalue weighted by molar-refractivity contribution is -0.134. The van der Waals surface area contributed by atoms with Gasteiger partial charge in [0, 0.05) is 0 Å². The summed E-state index contributed by atoms with van der Waals surface area (Å²) in [6, 6.07) is 1.97. The van der Waals surface area contributed by atoms with E-state index in [9.17, 15) is 13.2 Å². The molecule has 1 saturated carbocycles. The molecule has 1 N–H and O–H groups in total. The Kier molecular flexibility index (Phi) is 2.53. The molecule has 0 aliphatic heterocycles. The van der Waals surface area contributed by atoms with Gasteiger partial charge in [0.25, 0.3) is 0 Å². The van der Waals surface area contributed by atoms with Crippen molar-refractivity contribution >= 4 is 0 Å². The zero-order valence-electron chi connectivity index (χ0n) is 8.20. The van der Waals surface area contributed by atoms with Crippen LogP contribution in [0.15, 0.2) is 0 Å². The van der Waals surface area contributed by atoms with Gasteiger partial charge < -0.3 is 0 Å². The first-order valence-electron chi connectivity index (χ1n) is 4.45. The molecule has 1 atom stereocenters. The fourth-order valence-electron chi connectivity index (χ4n) is 1.70. The van der Waals surface area contributed by atoms with Gasteiger partial charge >= 0.3 is 6.18 Å². The molecule has 0 saturated heterocycles. The molecule has 0 bridgehead atoms. The fourth-order valence-corrected chi connectivity index (χ4v) is 1.70. The van der Waals surface area contributed by atoms with Crippen LogP contribution < -0.4 is 5.32 Å². The minimum atomic E-state index is -4.25. The van der Waals surface area contributed by atoms with E-state index in [2.05, 4.69) is 5.32 Å². The summed E-state index contributed by atoms with van der Waals surface area (Å²) in [6.45, 7) is 2.52. The Balaban J connectivity index is 2.62. The molecule has 0 heterocycles. The predicted molar refractivity (Wildman–Crippen MR) is 45.4 cm³/mol. The van der Waals surface area contributed by atoms with Crippen molar-refractivity contribution in [2.75, 3.05) is 6.54 Å². The summed E-state index contributed by atoms with van der Waals surface area (Å²) < 4.78 is 35.9. The number of nitriles is 1. The van der Waals surface area contributed by atoms with E-state index in [-0.39, 0.29) is 5.41 Å². The molecule has 80 valence electrons. The SMILES string of the molecule is CC1(C)CCC1(C#N)NCC(F)(F)F. The highest BCUT2D eigenvalue weighted by atomic mass is 19.4. The van der Waals surface area contributed by atoms with Gasteiger partial charge in [-0.15, -0.1) is 0 Å². The zero-order chi connectivity index (χ0) is 11.0. The molecule has 0 spiro atoms. The van der Waals surface area contributed by atoms with Crippen molar-refractivity contribution in [2.45, 2.75) is 38.4 Å². The van der Waals surface area contributed by atoms with E-state index < -0.39 is 18.3 Å². The van der Waals surface area contributed by atoms with Crippen LogP contribution in [0.1, 0.15) is 26.7 Å². The first kappa shape index (κ1) is 11.3. The smallest absolute Gasteiger partial charge is 0.291 e. The maximum atomic E-state index is 12.0. The Morgan fingerprint density at radius 2 is 1.93 bits per heavy atom. The molecule has 0 aromatic carbocycles. The number of hydrogen-bond donors (Lipinski definition) is 1. The topological polar surface area (TPSA) is 35.8 Å². The normalized spacial score (nSPS) is 30.6. The number of halogens is 3. The van der Waals surface area contributed by atoms with Gasteiger partial charge in [0.15, 0.2) is 0 Å². The van der Waals surface area contributed by atoms with Gasteiger partial charge in [-0.05, 0) is 18.3 Å². The second-order valence-electron chi connectivity index (χ2n) is 4.37. The molecule has 5 heteroatoms. The van der Waals surface area contributed by atoms with Crippen LogP contribution in [0.5, 0.6) is 0 Å². The third-order valence-corrected chi connectivity index (χ3v) is 3.06. The third kappa shape index (κ3) is 1.85. The van der Waals surface area contributed by atoms with Crippen LogP contribution in [0.25, 0.3) is 0 Å². The Labute approximate surface area is 81.1 Å². The van der Waals surface area contributed by atoms with Crippen LogP contribution >= 0.6 is 0 Å². The van der Waals surface area contributed by atoms with E-state index in [1.807, 2.05) is 19.9 Å². The number of rotatable bonds is 2. The van der Waals surface area contributed by atoms with Gasteiger partial charge in [-0.2, -0.15) is 18.4 Å². The van der Waals surface area contributed by atoms with Crippen molar-refractivity contribution in [2.24, 2.45) is 5.41 Å². The first-order valence-corrected chi connectivity index (χ1v) is 4.45. The molecule has 1 unspecified atom stereocenters. The zero-order valence-corrected chi connectivity index (χ0v) is 8.20. The number of hydrogen-bond acceptors (Lipinski definition) is 2. The Morgan fingerprint density at radius 1 is 1.36 bits per heavy atom. The molecule has 1 aliphatic carbocycles. The fraction of sp³-hybridized carbons (Fsp3) is 0.889. The standard InChI is InChI=1S/C9H13F3N2/c1-7(2)3-4-8(7,5-13)14-6-9(10,11)12/h14H,3-4,6H2,1-2H3. The molecule has 0 amide bonds. The van der Waals surface area contributed by atoms with Crippen molar-refractivity contribution in [1.29, 1.82) is 5.26 Å². The van der Waals surface area contributed by atoms with Gasteiger partial charge in [0.1, 0.15) is 5.54 Å². The summed E-state index contributed by atoms with van der Waals surface area (Å²) in [6.07, 6.45) is -2.98. The summed E-state index contributed by atoms with van der Waals surface area (Å²) >= 11 is 0. The van der Waals surface area contributed by atoms with Crippen molar-refractivity contribution < 1.29 is 13.2 Å². The molecule has 0 radical (unpaired) electrons. The minimum Gasteiger partial charge on any atom is -0.291 e. The molecule has 0 aromatic rings. The highest BCUT2D eigenvalue weighted by molar-refractivity contribution is 5.21. The second-order valence-corrected chi connectivity index (χ2v) is 4.37. The monoisotopic (exact) mass is 206 g/mol. The summed E-state index contributed by atoms with van der Waals surface area (Å²) in [5.74, 6) is 0. The highest BCUT2D eigenvalue weighted by Crippen LogP contribution is 2.49. The molecule has 14 heavy (non-hydrogen) atoms. The van der Waals surface area contributed by atoms with Crippen LogP contribution in [0.2, 0.25) is 0 Å². The van der Waals surface area contributed by atoms with E-state index in [4.69, 9.17) is 5.26 Å². The minimum absolute atomic E-state index is 0.368. The van der Waals surface area contributed by atoms with E-state index >= 15 is 0 Å². The van der Waals surface area contributed by atoms with Gasteiger partial charge in [0.05, 0.1) is 12.6 Å². The van der Waals surface area contributed by atoms with E-state index in [0.717, 1.165) is 6.42 Å². The molecule has 0 aromatic heterocycles. The average molecular weight is 206 g/mol. The van der Waals surface area contributed by atoms with Gasteiger partial charge in [-0.1, -0.05) is 13.8 Å². The Bertz CT molecular complexity index is 264. The van der Waals surface area contributed by atoms with E-state index in [1.54, 1.807) is 0 Å². The van der Waals surface area contributed by atoms with Crippen LogP contribution in [0, 0.1) is 16.7 Å². The quantitative estimate of drug-likeness (QED) is 0.752. The Hall–Kier alpha value is -0.760. The highest BCUT2D eigenvalue weighted by Gasteiger charge is 2.54. The number of alkyl halides is 3. The van der Waals surface area contributed by atoms with Gasteiger partial charge in [0.2, 0.25) is 0 Å². The lowest BCUT2D eigenvalue weighted by Crippen LogP contribution is -2.63. The summed E-state index contributed by atoms with van der Waals surface area (Å²) in [5.41, 5.74) is -1.37. The largest absolute Gasteiger partial charge is 0.401 e. The van der Waals surface area contributed by atoms with Gasteiger partial charge in [-0.3, -0.25) is 5.32 Å². The molecule has 1 aliphatic rings. The molecule has 1 rings (SSSR count).